The predicted octanol–water partition coefficient (Wildman–Crippen LogP) is 6.40. The molecule has 0 saturated heterocycles. The molecule has 0 aromatic heterocycles. The van der Waals surface area contributed by atoms with E-state index >= 15 is 0 Å². The molecule has 0 unspecified atom stereocenters. The molecule has 0 heterocycles. The molecule has 0 spiro atoms. The fourth-order valence-electron chi connectivity index (χ4n) is 2.98. The third-order valence-corrected chi connectivity index (χ3v) is 4.95. The maximum Gasteiger partial charge on any atom is 0.0800 e. The summed E-state index contributed by atoms with van der Waals surface area (Å²) >= 11 is 0. The number of benzene rings is 3. The van der Waals surface area contributed by atoms with Crippen LogP contribution in [-0.4, -0.2) is 12.4 Å². The van der Waals surface area contributed by atoms with Crippen molar-refractivity contribution in [1.82, 2.24) is 0 Å². The van der Waals surface area contributed by atoms with E-state index in [2.05, 4.69) is 76.2 Å². The first kappa shape index (κ1) is 19.8. The lowest BCUT2D eigenvalue weighted by Gasteiger charge is -2.25. The zero-order valence-corrected chi connectivity index (χ0v) is 17.1. The van der Waals surface area contributed by atoms with E-state index in [1.807, 2.05) is 48.8 Å². The third-order valence-electron chi connectivity index (χ3n) is 4.95. The molecule has 0 aliphatic heterocycles. The summed E-state index contributed by atoms with van der Waals surface area (Å²) in [7, 11) is 0. The number of nitrogens with zero attached hydrogens (tertiary/aromatic N) is 2. The van der Waals surface area contributed by atoms with Crippen molar-refractivity contribution < 1.29 is 0 Å². The van der Waals surface area contributed by atoms with Crippen molar-refractivity contribution in [1.29, 1.82) is 0 Å². The minimum Gasteiger partial charge on any atom is -0.282 e. The van der Waals surface area contributed by atoms with Crippen molar-refractivity contribution in [3.05, 3.63) is 107 Å². The Morgan fingerprint density at radius 2 is 0.929 bits per heavy atom. The second kappa shape index (κ2) is 8.35. The summed E-state index contributed by atoms with van der Waals surface area (Å²) in [5.41, 5.74) is 3.95. The average Bonchev–Trinajstić information content (AvgIpc) is 2.73. The van der Waals surface area contributed by atoms with E-state index in [1.165, 1.54) is 11.1 Å². The van der Waals surface area contributed by atoms with Gasteiger partial charge >= 0.3 is 0 Å². The summed E-state index contributed by atoms with van der Waals surface area (Å²) in [4.78, 5) is 9.70. The number of aliphatic imine (C=N–C) groups is 2. The molecule has 0 fully saturated rings. The lowest BCUT2D eigenvalue weighted by Crippen LogP contribution is -2.18. The lowest BCUT2D eigenvalue weighted by atomic mass is 9.88. The molecule has 0 saturated carbocycles. The van der Waals surface area contributed by atoms with Gasteiger partial charge in [-0.25, -0.2) is 0 Å². The van der Waals surface area contributed by atoms with Crippen LogP contribution in [0.3, 0.4) is 0 Å². The normalized spacial score (nSPS) is 12.7. The van der Waals surface area contributed by atoms with Crippen molar-refractivity contribution in [2.75, 3.05) is 0 Å². The highest BCUT2D eigenvalue weighted by Gasteiger charge is 2.23. The molecule has 142 valence electrons. The highest BCUT2D eigenvalue weighted by molar-refractivity contribution is 5.80. The van der Waals surface area contributed by atoms with Gasteiger partial charge in [0.05, 0.1) is 11.1 Å². The fourth-order valence-corrected chi connectivity index (χ4v) is 2.98. The van der Waals surface area contributed by atoms with E-state index in [0.717, 1.165) is 11.1 Å². The Morgan fingerprint density at radius 1 is 0.536 bits per heavy atom. The molecule has 0 amide bonds. The van der Waals surface area contributed by atoms with Crippen LogP contribution in [0.25, 0.3) is 0 Å². The molecule has 3 rings (SSSR count). The van der Waals surface area contributed by atoms with Gasteiger partial charge < -0.3 is 0 Å². The zero-order valence-electron chi connectivity index (χ0n) is 17.1. The van der Waals surface area contributed by atoms with Crippen molar-refractivity contribution in [3.8, 4) is 0 Å². The second-order valence-corrected chi connectivity index (χ2v) is 8.04. The first-order valence-corrected chi connectivity index (χ1v) is 9.68. The largest absolute Gasteiger partial charge is 0.282 e. The minimum atomic E-state index is -0.314. The Morgan fingerprint density at radius 3 is 1.32 bits per heavy atom. The monoisotopic (exact) mass is 368 g/mol. The summed E-state index contributed by atoms with van der Waals surface area (Å²) in [5.74, 6) is 0. The third kappa shape index (κ3) is 5.04. The molecular weight excluding hydrogens is 340 g/mol. The van der Waals surface area contributed by atoms with Crippen LogP contribution in [0.5, 0.6) is 0 Å². The van der Waals surface area contributed by atoms with Crippen LogP contribution in [0.1, 0.15) is 49.9 Å². The smallest absolute Gasteiger partial charge is 0.0800 e. The summed E-state index contributed by atoms with van der Waals surface area (Å²) in [6.07, 6.45) is 3.90. The van der Waals surface area contributed by atoms with Gasteiger partial charge in [-0.15, -0.1) is 0 Å². The standard InChI is InChI=1S/C26H28N2/c1-25(2,27-19-21-12-7-5-8-13-21)23-16-11-17-24(18-23)26(3,4)28-20-22-14-9-6-10-15-22/h5-20H,1-4H3. The Bertz CT molecular complexity index is 875. The summed E-state index contributed by atoms with van der Waals surface area (Å²) in [5, 5.41) is 0. The van der Waals surface area contributed by atoms with Gasteiger partial charge in [0.2, 0.25) is 0 Å². The van der Waals surface area contributed by atoms with Gasteiger partial charge in [0.1, 0.15) is 0 Å². The van der Waals surface area contributed by atoms with Crippen LogP contribution < -0.4 is 0 Å². The number of rotatable bonds is 6. The van der Waals surface area contributed by atoms with Crippen molar-refractivity contribution in [2.45, 2.75) is 38.8 Å². The van der Waals surface area contributed by atoms with Gasteiger partial charge in [-0.3, -0.25) is 9.98 Å². The lowest BCUT2D eigenvalue weighted by molar-refractivity contribution is 0.541. The number of hydrogen-bond donors (Lipinski definition) is 0. The van der Waals surface area contributed by atoms with Crippen LogP contribution in [-0.2, 0) is 11.1 Å². The van der Waals surface area contributed by atoms with E-state index in [1.54, 1.807) is 0 Å². The minimum absolute atomic E-state index is 0.314. The van der Waals surface area contributed by atoms with Gasteiger partial charge in [-0.05, 0) is 49.9 Å². The van der Waals surface area contributed by atoms with Gasteiger partial charge in [-0.1, -0.05) is 84.9 Å². The Kier molecular flexibility index (Phi) is 5.89. The van der Waals surface area contributed by atoms with Crippen LogP contribution in [0.15, 0.2) is 94.9 Å². The molecule has 0 bridgehead atoms. The first-order valence-electron chi connectivity index (χ1n) is 9.68. The molecule has 3 aromatic rings. The highest BCUT2D eigenvalue weighted by atomic mass is 14.8. The van der Waals surface area contributed by atoms with Gasteiger partial charge in [0.25, 0.3) is 0 Å². The number of hydrogen-bond acceptors (Lipinski definition) is 2. The Labute approximate surface area is 168 Å². The van der Waals surface area contributed by atoms with Crippen molar-refractivity contribution in [3.63, 3.8) is 0 Å². The second-order valence-electron chi connectivity index (χ2n) is 8.04. The molecule has 28 heavy (non-hydrogen) atoms. The molecular formula is C26H28N2. The first-order chi connectivity index (χ1) is 13.4. The predicted molar refractivity (Wildman–Crippen MR) is 121 cm³/mol. The van der Waals surface area contributed by atoms with E-state index in [4.69, 9.17) is 9.98 Å². The van der Waals surface area contributed by atoms with Crippen LogP contribution in [0.4, 0.5) is 0 Å². The van der Waals surface area contributed by atoms with Gasteiger partial charge in [0.15, 0.2) is 0 Å². The van der Waals surface area contributed by atoms with Crippen molar-refractivity contribution >= 4 is 12.4 Å². The summed E-state index contributed by atoms with van der Waals surface area (Å²) in [6.45, 7) is 8.58. The average molecular weight is 369 g/mol. The summed E-state index contributed by atoms with van der Waals surface area (Å²) < 4.78 is 0. The molecule has 0 radical (unpaired) electrons. The molecule has 0 aliphatic rings. The van der Waals surface area contributed by atoms with E-state index < -0.39 is 0 Å². The Balaban J connectivity index is 1.84. The molecule has 3 aromatic carbocycles. The van der Waals surface area contributed by atoms with E-state index in [-0.39, 0.29) is 11.1 Å². The van der Waals surface area contributed by atoms with Crippen LogP contribution >= 0.6 is 0 Å². The topological polar surface area (TPSA) is 24.7 Å². The van der Waals surface area contributed by atoms with Crippen LogP contribution in [0, 0.1) is 0 Å². The van der Waals surface area contributed by atoms with Gasteiger partial charge in [-0.2, -0.15) is 0 Å². The van der Waals surface area contributed by atoms with Crippen LogP contribution in [0.2, 0.25) is 0 Å². The molecule has 0 aliphatic carbocycles. The maximum atomic E-state index is 4.85. The SMILES string of the molecule is CC(C)(N=Cc1ccccc1)c1cccc(C(C)(C)N=Cc2ccccc2)c1. The zero-order chi connectivity index (χ0) is 20.0. The van der Waals surface area contributed by atoms with E-state index in [0.29, 0.717) is 0 Å². The van der Waals surface area contributed by atoms with Crippen molar-refractivity contribution in [2.24, 2.45) is 9.98 Å². The molecule has 0 N–H and O–H groups in total. The molecule has 2 nitrogen and oxygen atoms in total. The fraction of sp³-hybridized carbons (Fsp3) is 0.231. The Hall–Kier alpha value is -3.00. The molecule has 0 atom stereocenters. The van der Waals surface area contributed by atoms with Gasteiger partial charge in [0, 0.05) is 12.4 Å². The quantitative estimate of drug-likeness (QED) is 0.450. The van der Waals surface area contributed by atoms with E-state index in [9.17, 15) is 0 Å². The molecule has 2 heteroatoms. The highest BCUT2D eigenvalue weighted by Crippen LogP contribution is 2.31. The summed E-state index contributed by atoms with van der Waals surface area (Å²) in [6, 6.07) is 29.0. The maximum absolute atomic E-state index is 4.85.